The van der Waals surface area contributed by atoms with Gasteiger partial charge in [0.15, 0.2) is 0 Å². The lowest BCUT2D eigenvalue weighted by Crippen LogP contribution is -2.46. The first-order chi connectivity index (χ1) is 12.9. The van der Waals surface area contributed by atoms with Gasteiger partial charge >= 0.3 is 12.2 Å². The molecule has 2 aromatic heterocycles. The monoisotopic (exact) mass is 380 g/mol. The third-order valence-corrected chi connectivity index (χ3v) is 4.21. The second-order valence-corrected chi connectivity index (χ2v) is 6.18. The Hall–Kier alpha value is -2.84. The number of piperidine rings is 1. The van der Waals surface area contributed by atoms with E-state index in [4.69, 9.17) is 4.74 Å². The maximum atomic E-state index is 12.5. The minimum Gasteiger partial charge on any atom is -0.474 e. The third-order valence-electron chi connectivity index (χ3n) is 4.21. The molecule has 3 rings (SSSR count). The van der Waals surface area contributed by atoms with Gasteiger partial charge in [-0.15, -0.1) is 0 Å². The zero-order chi connectivity index (χ0) is 19.3. The summed E-state index contributed by atoms with van der Waals surface area (Å²) in [5.41, 5.74) is -0.447. The van der Waals surface area contributed by atoms with Gasteiger partial charge in [-0.3, -0.25) is 4.98 Å². The van der Waals surface area contributed by atoms with Crippen molar-refractivity contribution in [2.24, 2.45) is 0 Å². The summed E-state index contributed by atoms with van der Waals surface area (Å²) in [6, 6.07) is 7.40. The molecule has 0 spiro atoms. The topological polar surface area (TPSA) is 67.4 Å². The first-order valence-electron chi connectivity index (χ1n) is 8.54. The van der Waals surface area contributed by atoms with Crippen LogP contribution in [0.2, 0.25) is 0 Å². The summed E-state index contributed by atoms with van der Waals surface area (Å²) >= 11 is 0. The molecule has 144 valence electrons. The normalized spacial score (nSPS) is 15.4. The fourth-order valence-electron chi connectivity index (χ4n) is 2.75. The van der Waals surface area contributed by atoms with Gasteiger partial charge in [-0.05, 0) is 17.7 Å². The highest BCUT2D eigenvalue weighted by atomic mass is 19.4. The summed E-state index contributed by atoms with van der Waals surface area (Å²) in [5.74, 6) is 0.565. The number of hydrogen-bond acceptors (Lipinski definition) is 4. The van der Waals surface area contributed by atoms with E-state index >= 15 is 0 Å². The predicted molar refractivity (Wildman–Crippen MR) is 90.9 cm³/mol. The quantitative estimate of drug-likeness (QED) is 0.884. The minimum atomic E-state index is -4.47. The van der Waals surface area contributed by atoms with E-state index in [-0.39, 0.29) is 18.7 Å². The highest BCUT2D eigenvalue weighted by Crippen LogP contribution is 2.27. The highest BCUT2D eigenvalue weighted by molar-refractivity contribution is 5.74. The van der Waals surface area contributed by atoms with Crippen LogP contribution in [-0.2, 0) is 12.7 Å². The summed E-state index contributed by atoms with van der Waals surface area (Å²) in [6.45, 7) is 1.19. The molecular weight excluding hydrogens is 361 g/mol. The van der Waals surface area contributed by atoms with Gasteiger partial charge in [-0.25, -0.2) is 9.78 Å². The van der Waals surface area contributed by atoms with E-state index in [9.17, 15) is 18.0 Å². The Bertz CT molecular complexity index is 745. The van der Waals surface area contributed by atoms with Crippen molar-refractivity contribution in [3.63, 3.8) is 0 Å². The molecule has 27 heavy (non-hydrogen) atoms. The SMILES string of the molecule is O=C(NCc1ccc(C(F)(F)F)nc1)N1CCC(Oc2ccccn2)CC1. The molecule has 0 saturated carbocycles. The first-order valence-corrected chi connectivity index (χ1v) is 8.54. The molecule has 1 aliphatic heterocycles. The molecule has 0 unspecified atom stereocenters. The molecule has 2 amide bonds. The fourth-order valence-corrected chi connectivity index (χ4v) is 2.75. The van der Waals surface area contributed by atoms with Crippen LogP contribution in [0.25, 0.3) is 0 Å². The van der Waals surface area contributed by atoms with E-state index in [1.807, 2.05) is 12.1 Å². The number of carbonyl (C=O) groups excluding carboxylic acids is 1. The maximum Gasteiger partial charge on any atom is 0.433 e. The average molecular weight is 380 g/mol. The average Bonchev–Trinajstić information content (AvgIpc) is 2.67. The zero-order valence-electron chi connectivity index (χ0n) is 14.4. The van der Waals surface area contributed by atoms with Crippen molar-refractivity contribution in [2.75, 3.05) is 13.1 Å². The molecule has 0 atom stereocenters. The number of aromatic nitrogens is 2. The number of carbonyl (C=O) groups is 1. The maximum absolute atomic E-state index is 12.5. The Morgan fingerprint density at radius 3 is 2.56 bits per heavy atom. The van der Waals surface area contributed by atoms with Gasteiger partial charge < -0.3 is 15.0 Å². The van der Waals surface area contributed by atoms with Gasteiger partial charge in [-0.2, -0.15) is 13.2 Å². The summed E-state index contributed by atoms with van der Waals surface area (Å²) in [6.07, 6.45) is -0.311. The number of ether oxygens (including phenoxy) is 1. The predicted octanol–water partition coefficient (Wildman–Crippen LogP) is 3.25. The molecule has 0 aliphatic carbocycles. The number of nitrogens with zero attached hydrogens (tertiary/aromatic N) is 3. The van der Waals surface area contributed by atoms with Gasteiger partial charge in [-0.1, -0.05) is 12.1 Å². The second kappa shape index (κ2) is 8.24. The van der Waals surface area contributed by atoms with Gasteiger partial charge in [0.25, 0.3) is 0 Å². The molecule has 2 aromatic rings. The van der Waals surface area contributed by atoms with Gasteiger partial charge in [0.1, 0.15) is 11.8 Å². The van der Waals surface area contributed by atoms with E-state index in [1.54, 1.807) is 17.2 Å². The summed E-state index contributed by atoms with van der Waals surface area (Å²) in [5, 5.41) is 2.70. The number of nitrogens with one attached hydrogen (secondary N) is 1. The fraction of sp³-hybridized carbons (Fsp3) is 0.389. The van der Waals surface area contributed by atoms with Gasteiger partial charge in [0, 0.05) is 50.9 Å². The van der Waals surface area contributed by atoms with Crippen LogP contribution >= 0.6 is 0 Å². The molecule has 1 aliphatic rings. The molecule has 1 fully saturated rings. The Morgan fingerprint density at radius 1 is 1.19 bits per heavy atom. The Morgan fingerprint density at radius 2 is 1.96 bits per heavy atom. The van der Waals surface area contributed by atoms with Crippen molar-refractivity contribution in [3.05, 3.63) is 54.0 Å². The van der Waals surface area contributed by atoms with Crippen LogP contribution < -0.4 is 10.1 Å². The Labute approximate surface area is 154 Å². The highest BCUT2D eigenvalue weighted by Gasteiger charge is 2.32. The van der Waals surface area contributed by atoms with Crippen molar-refractivity contribution in [1.29, 1.82) is 0 Å². The molecule has 1 N–H and O–H groups in total. The van der Waals surface area contributed by atoms with Crippen LogP contribution in [0.4, 0.5) is 18.0 Å². The number of urea groups is 1. The van der Waals surface area contributed by atoms with Crippen LogP contribution in [0.15, 0.2) is 42.7 Å². The molecule has 0 aromatic carbocycles. The van der Waals surface area contributed by atoms with Crippen LogP contribution in [-0.4, -0.2) is 40.1 Å². The van der Waals surface area contributed by atoms with Crippen LogP contribution in [0, 0.1) is 0 Å². The van der Waals surface area contributed by atoms with E-state index in [0.717, 1.165) is 12.3 Å². The molecule has 0 bridgehead atoms. The number of rotatable bonds is 4. The number of likely N-dealkylation sites (tertiary alicyclic amines) is 1. The van der Waals surface area contributed by atoms with Gasteiger partial charge in [0.05, 0.1) is 0 Å². The van der Waals surface area contributed by atoms with Crippen molar-refractivity contribution in [1.82, 2.24) is 20.2 Å². The van der Waals surface area contributed by atoms with Crippen molar-refractivity contribution < 1.29 is 22.7 Å². The summed E-state index contributed by atoms with van der Waals surface area (Å²) < 4.78 is 43.3. The van der Waals surface area contributed by atoms with E-state index < -0.39 is 11.9 Å². The van der Waals surface area contributed by atoms with E-state index in [0.29, 0.717) is 37.4 Å². The number of hydrogen-bond donors (Lipinski definition) is 1. The summed E-state index contributed by atoms with van der Waals surface area (Å²) in [7, 11) is 0. The minimum absolute atomic E-state index is 0.00284. The molecular formula is C18H19F3N4O2. The Kier molecular flexibility index (Phi) is 5.78. The molecule has 6 nitrogen and oxygen atoms in total. The van der Waals surface area contributed by atoms with Crippen LogP contribution in [0.5, 0.6) is 5.88 Å². The lowest BCUT2D eigenvalue weighted by molar-refractivity contribution is -0.141. The summed E-state index contributed by atoms with van der Waals surface area (Å²) in [4.78, 5) is 21.4. The number of halogens is 3. The van der Waals surface area contributed by atoms with E-state index in [2.05, 4.69) is 15.3 Å². The molecule has 9 heteroatoms. The second-order valence-electron chi connectivity index (χ2n) is 6.18. The standard InChI is InChI=1S/C18H19F3N4O2/c19-18(20,21)15-5-4-13(11-23-15)12-24-17(26)25-9-6-14(7-10-25)27-16-3-1-2-8-22-16/h1-5,8,11,14H,6-7,9-10,12H2,(H,24,26). The largest absolute Gasteiger partial charge is 0.474 e. The van der Waals surface area contributed by atoms with Crippen molar-refractivity contribution in [2.45, 2.75) is 31.7 Å². The lowest BCUT2D eigenvalue weighted by atomic mass is 10.1. The van der Waals surface area contributed by atoms with Crippen molar-refractivity contribution in [3.8, 4) is 5.88 Å². The lowest BCUT2D eigenvalue weighted by Gasteiger charge is -2.31. The zero-order valence-corrected chi connectivity index (χ0v) is 14.4. The first kappa shape index (κ1) is 18.9. The number of pyridine rings is 2. The molecule has 1 saturated heterocycles. The molecule has 3 heterocycles. The van der Waals surface area contributed by atoms with Crippen LogP contribution in [0.1, 0.15) is 24.1 Å². The Balaban J connectivity index is 1.43. The number of alkyl halides is 3. The smallest absolute Gasteiger partial charge is 0.433 e. The number of amides is 2. The molecule has 0 radical (unpaired) electrons. The van der Waals surface area contributed by atoms with Gasteiger partial charge in [0.2, 0.25) is 5.88 Å². The van der Waals surface area contributed by atoms with Crippen molar-refractivity contribution >= 4 is 6.03 Å². The van der Waals surface area contributed by atoms with E-state index in [1.165, 1.54) is 6.07 Å². The third kappa shape index (κ3) is 5.32. The van der Waals surface area contributed by atoms with Crippen LogP contribution in [0.3, 0.4) is 0 Å².